The Balaban J connectivity index is 1.35. The first kappa shape index (κ1) is 16.4. The highest BCUT2D eigenvalue weighted by atomic mass is 16.4. The van der Waals surface area contributed by atoms with Crippen LogP contribution >= 0.6 is 0 Å². The number of likely N-dealkylation sites (tertiary alicyclic amines) is 2. The number of nitrogens with zero attached hydrogens (tertiary/aromatic N) is 3. The SMILES string of the molecule is O=C(O)N1CCC(N2CCC(N3C(=O)Cc4ccccc43)CC2)CC1. The van der Waals surface area contributed by atoms with Gasteiger partial charge in [-0.1, -0.05) is 18.2 Å². The van der Waals surface area contributed by atoms with Crippen LogP contribution < -0.4 is 4.90 Å². The van der Waals surface area contributed by atoms with E-state index in [9.17, 15) is 9.59 Å². The maximum Gasteiger partial charge on any atom is 0.407 e. The Labute approximate surface area is 148 Å². The standard InChI is InChI=1S/C19H25N3O3/c23-18-13-14-3-1-2-4-17(14)22(18)16-7-9-20(10-8-16)15-5-11-21(12-6-15)19(24)25/h1-4,15-16H,5-13H2,(H,24,25). The summed E-state index contributed by atoms with van der Waals surface area (Å²) in [5.41, 5.74) is 2.25. The summed E-state index contributed by atoms with van der Waals surface area (Å²) in [6.07, 6.45) is 3.57. The van der Waals surface area contributed by atoms with E-state index in [4.69, 9.17) is 5.11 Å². The maximum absolute atomic E-state index is 12.5. The number of para-hydroxylation sites is 1. The van der Waals surface area contributed by atoms with Gasteiger partial charge in [0.05, 0.1) is 6.42 Å². The van der Waals surface area contributed by atoms with Crippen LogP contribution in [0.15, 0.2) is 24.3 Å². The summed E-state index contributed by atoms with van der Waals surface area (Å²) in [5, 5.41) is 9.07. The first-order chi connectivity index (χ1) is 12.1. The minimum Gasteiger partial charge on any atom is -0.465 e. The van der Waals surface area contributed by atoms with Gasteiger partial charge in [0.1, 0.15) is 0 Å². The number of piperidine rings is 2. The molecule has 0 radical (unpaired) electrons. The summed E-state index contributed by atoms with van der Waals surface area (Å²) in [6, 6.07) is 8.91. The van der Waals surface area contributed by atoms with Crippen molar-refractivity contribution in [1.82, 2.24) is 9.80 Å². The van der Waals surface area contributed by atoms with Gasteiger partial charge >= 0.3 is 6.09 Å². The predicted octanol–water partition coefficient (Wildman–Crippen LogP) is 2.18. The molecule has 0 spiro atoms. The smallest absolute Gasteiger partial charge is 0.407 e. The van der Waals surface area contributed by atoms with E-state index in [1.54, 1.807) is 0 Å². The van der Waals surface area contributed by atoms with Crippen LogP contribution in [0, 0.1) is 0 Å². The molecule has 3 heterocycles. The summed E-state index contributed by atoms with van der Waals surface area (Å²) in [5.74, 6) is 0.231. The fourth-order valence-corrected chi connectivity index (χ4v) is 4.61. The van der Waals surface area contributed by atoms with Crippen molar-refractivity contribution >= 4 is 17.7 Å². The molecule has 3 aliphatic heterocycles. The van der Waals surface area contributed by atoms with E-state index >= 15 is 0 Å². The first-order valence-electron chi connectivity index (χ1n) is 9.25. The highest BCUT2D eigenvalue weighted by Crippen LogP contribution is 2.34. The van der Waals surface area contributed by atoms with Gasteiger partial charge in [0.15, 0.2) is 0 Å². The molecule has 0 atom stereocenters. The Hall–Kier alpha value is -2.08. The highest BCUT2D eigenvalue weighted by Gasteiger charge is 2.36. The molecule has 134 valence electrons. The molecule has 3 aliphatic rings. The Morgan fingerprint density at radius 3 is 2.28 bits per heavy atom. The van der Waals surface area contributed by atoms with Gasteiger partial charge in [-0.25, -0.2) is 4.79 Å². The number of carbonyl (C=O) groups excluding carboxylic acids is 1. The molecule has 6 nitrogen and oxygen atoms in total. The van der Waals surface area contributed by atoms with Gasteiger partial charge < -0.3 is 19.8 Å². The summed E-state index contributed by atoms with van der Waals surface area (Å²) in [4.78, 5) is 29.5. The second kappa shape index (κ2) is 6.67. The van der Waals surface area contributed by atoms with Crippen molar-refractivity contribution in [2.75, 3.05) is 31.1 Å². The average molecular weight is 343 g/mol. The van der Waals surface area contributed by atoms with Crippen molar-refractivity contribution in [2.45, 2.75) is 44.2 Å². The van der Waals surface area contributed by atoms with Crippen molar-refractivity contribution < 1.29 is 14.7 Å². The van der Waals surface area contributed by atoms with Gasteiger partial charge in [0.2, 0.25) is 5.91 Å². The number of amides is 2. The lowest BCUT2D eigenvalue weighted by atomic mass is 9.97. The van der Waals surface area contributed by atoms with E-state index in [2.05, 4.69) is 17.0 Å². The molecule has 2 saturated heterocycles. The van der Waals surface area contributed by atoms with Gasteiger partial charge in [-0.15, -0.1) is 0 Å². The van der Waals surface area contributed by atoms with E-state index in [1.165, 1.54) is 4.90 Å². The minimum absolute atomic E-state index is 0.231. The van der Waals surface area contributed by atoms with Gasteiger partial charge in [-0.2, -0.15) is 0 Å². The normalized spacial score (nSPS) is 23.1. The van der Waals surface area contributed by atoms with Crippen LogP contribution in [0.5, 0.6) is 0 Å². The van der Waals surface area contributed by atoms with Gasteiger partial charge in [0, 0.05) is 44.0 Å². The lowest BCUT2D eigenvalue weighted by molar-refractivity contribution is -0.118. The second-order valence-electron chi connectivity index (χ2n) is 7.34. The average Bonchev–Trinajstić information content (AvgIpc) is 2.97. The van der Waals surface area contributed by atoms with E-state index in [-0.39, 0.29) is 5.91 Å². The topological polar surface area (TPSA) is 64.1 Å². The molecule has 0 saturated carbocycles. The number of carbonyl (C=O) groups is 2. The fourth-order valence-electron chi connectivity index (χ4n) is 4.61. The van der Waals surface area contributed by atoms with Crippen LogP contribution in [-0.4, -0.2) is 65.2 Å². The third-order valence-corrected chi connectivity index (χ3v) is 5.98. The molecule has 25 heavy (non-hydrogen) atoms. The molecule has 1 N–H and O–H groups in total. The van der Waals surface area contributed by atoms with Gasteiger partial charge in [-0.3, -0.25) is 4.79 Å². The molecule has 6 heteroatoms. The van der Waals surface area contributed by atoms with Crippen LogP contribution in [0.1, 0.15) is 31.2 Å². The molecule has 0 aromatic heterocycles. The number of rotatable bonds is 2. The minimum atomic E-state index is -0.802. The van der Waals surface area contributed by atoms with Crippen LogP contribution in [0.2, 0.25) is 0 Å². The Bertz CT molecular complexity index is 662. The summed E-state index contributed by atoms with van der Waals surface area (Å²) >= 11 is 0. The van der Waals surface area contributed by atoms with Crippen LogP contribution in [0.4, 0.5) is 10.5 Å². The quantitative estimate of drug-likeness (QED) is 0.894. The molecule has 0 bridgehead atoms. The van der Waals surface area contributed by atoms with Gasteiger partial charge in [-0.05, 0) is 37.3 Å². The molecule has 0 unspecified atom stereocenters. The monoisotopic (exact) mass is 343 g/mol. The largest absolute Gasteiger partial charge is 0.465 e. The predicted molar refractivity (Wildman–Crippen MR) is 94.8 cm³/mol. The first-order valence-corrected chi connectivity index (χ1v) is 9.25. The second-order valence-corrected chi connectivity index (χ2v) is 7.34. The molecule has 1 aromatic rings. The van der Waals surface area contributed by atoms with Gasteiger partial charge in [0.25, 0.3) is 0 Å². The number of anilines is 1. The van der Waals surface area contributed by atoms with Crippen molar-refractivity contribution in [3.05, 3.63) is 29.8 Å². The molecule has 2 fully saturated rings. The summed E-state index contributed by atoms with van der Waals surface area (Å²) < 4.78 is 0. The molecule has 2 amide bonds. The van der Waals surface area contributed by atoms with Crippen LogP contribution in [0.3, 0.4) is 0 Å². The zero-order valence-corrected chi connectivity index (χ0v) is 14.4. The summed E-state index contributed by atoms with van der Waals surface area (Å²) in [7, 11) is 0. The number of hydrogen-bond donors (Lipinski definition) is 1. The summed E-state index contributed by atoms with van der Waals surface area (Å²) in [6.45, 7) is 3.26. The number of benzene rings is 1. The van der Waals surface area contributed by atoms with Crippen LogP contribution in [-0.2, 0) is 11.2 Å². The Morgan fingerprint density at radius 2 is 1.60 bits per heavy atom. The maximum atomic E-state index is 12.5. The van der Waals surface area contributed by atoms with Crippen LogP contribution in [0.25, 0.3) is 0 Å². The van der Waals surface area contributed by atoms with E-state index in [0.29, 0.717) is 31.6 Å². The fraction of sp³-hybridized carbons (Fsp3) is 0.579. The van der Waals surface area contributed by atoms with Crippen molar-refractivity contribution in [3.8, 4) is 0 Å². The molecule has 4 rings (SSSR count). The van der Waals surface area contributed by atoms with Crippen molar-refractivity contribution in [3.63, 3.8) is 0 Å². The van der Waals surface area contributed by atoms with E-state index in [0.717, 1.165) is 50.0 Å². The number of hydrogen-bond acceptors (Lipinski definition) is 3. The molecular weight excluding hydrogens is 318 g/mol. The van der Waals surface area contributed by atoms with Crippen molar-refractivity contribution in [2.24, 2.45) is 0 Å². The Kier molecular flexibility index (Phi) is 4.37. The van der Waals surface area contributed by atoms with E-state index in [1.807, 2.05) is 17.0 Å². The third kappa shape index (κ3) is 3.11. The third-order valence-electron chi connectivity index (χ3n) is 5.98. The van der Waals surface area contributed by atoms with Crippen molar-refractivity contribution in [1.29, 1.82) is 0 Å². The molecule has 1 aromatic carbocycles. The lowest BCUT2D eigenvalue weighted by Gasteiger charge is -2.43. The molecule has 0 aliphatic carbocycles. The molecular formula is C19H25N3O3. The number of fused-ring (bicyclic) bond motifs is 1. The Morgan fingerprint density at radius 1 is 0.960 bits per heavy atom. The number of carboxylic acid groups (broad SMARTS) is 1. The zero-order valence-electron chi connectivity index (χ0n) is 14.4. The zero-order chi connectivity index (χ0) is 17.4. The van der Waals surface area contributed by atoms with E-state index < -0.39 is 6.09 Å². The lowest BCUT2D eigenvalue weighted by Crippen LogP contribution is -2.52. The highest BCUT2D eigenvalue weighted by molar-refractivity contribution is 6.01.